The molecule has 2 nitrogen and oxygen atoms in total. The summed E-state index contributed by atoms with van der Waals surface area (Å²) >= 11 is 0. The van der Waals surface area contributed by atoms with Crippen LogP contribution in [0, 0.1) is 18.2 Å². The van der Waals surface area contributed by atoms with Crippen LogP contribution in [0.3, 0.4) is 0 Å². The van der Waals surface area contributed by atoms with Crippen LogP contribution in [0.4, 0.5) is 4.39 Å². The fourth-order valence-corrected chi connectivity index (χ4v) is 1.11. The van der Waals surface area contributed by atoms with Gasteiger partial charge in [-0.2, -0.15) is 0 Å². The minimum absolute atomic E-state index is 0.110. The molecule has 1 aromatic rings. The summed E-state index contributed by atoms with van der Waals surface area (Å²) in [7, 11) is 1.37. The number of terminal acetylenes is 1. The summed E-state index contributed by atoms with van der Waals surface area (Å²) in [5.41, 5.74) is 0.557. The van der Waals surface area contributed by atoms with E-state index < -0.39 is 11.9 Å². The third-order valence-electron chi connectivity index (χ3n) is 1.87. The molecule has 0 aliphatic heterocycles. The van der Waals surface area contributed by atoms with E-state index in [0.29, 0.717) is 5.56 Å². The molecule has 0 radical (unpaired) electrons. The van der Waals surface area contributed by atoms with Crippen LogP contribution in [0.2, 0.25) is 0 Å². The van der Waals surface area contributed by atoms with Gasteiger partial charge in [-0.15, -0.1) is 12.3 Å². The molecule has 0 amide bonds. The van der Waals surface area contributed by atoms with Crippen molar-refractivity contribution in [1.82, 2.24) is 0 Å². The molecule has 0 aliphatic rings. The van der Waals surface area contributed by atoms with E-state index in [9.17, 15) is 9.50 Å². The molecule has 1 N–H and O–H groups in total. The van der Waals surface area contributed by atoms with Crippen LogP contribution in [0.25, 0.3) is 0 Å². The van der Waals surface area contributed by atoms with Gasteiger partial charge in [0.15, 0.2) is 11.6 Å². The van der Waals surface area contributed by atoms with E-state index in [1.807, 2.05) is 0 Å². The summed E-state index contributed by atoms with van der Waals surface area (Å²) in [6, 6.07) is 4.17. The van der Waals surface area contributed by atoms with Crippen molar-refractivity contribution in [2.45, 2.75) is 12.5 Å². The molecule has 0 saturated heterocycles. The lowest BCUT2D eigenvalue weighted by Crippen LogP contribution is -1.97. The highest BCUT2D eigenvalue weighted by molar-refractivity contribution is 5.31. The number of hydrogen-bond acceptors (Lipinski definition) is 2. The molecule has 1 atom stereocenters. The largest absolute Gasteiger partial charge is 0.494 e. The van der Waals surface area contributed by atoms with Gasteiger partial charge in [0, 0.05) is 6.42 Å². The summed E-state index contributed by atoms with van der Waals surface area (Å²) in [5, 5.41) is 9.51. The summed E-state index contributed by atoms with van der Waals surface area (Å²) < 4.78 is 17.7. The zero-order valence-corrected chi connectivity index (χ0v) is 7.83. The van der Waals surface area contributed by atoms with Crippen molar-refractivity contribution in [3.63, 3.8) is 0 Å². The molecular weight excluding hydrogens is 183 g/mol. The predicted molar refractivity (Wildman–Crippen MR) is 51.4 cm³/mol. The smallest absolute Gasteiger partial charge is 0.165 e. The maximum atomic E-state index is 13.0. The van der Waals surface area contributed by atoms with Crippen LogP contribution in [0.1, 0.15) is 18.1 Å². The van der Waals surface area contributed by atoms with Gasteiger partial charge in [-0.1, -0.05) is 6.07 Å². The molecule has 1 unspecified atom stereocenters. The molecule has 0 heterocycles. The van der Waals surface area contributed by atoms with Crippen molar-refractivity contribution < 1.29 is 14.2 Å². The fraction of sp³-hybridized carbons (Fsp3) is 0.273. The SMILES string of the molecule is C#CCC(O)c1ccc(F)c(OC)c1. The average molecular weight is 194 g/mol. The van der Waals surface area contributed by atoms with E-state index in [-0.39, 0.29) is 12.2 Å². The maximum absolute atomic E-state index is 13.0. The van der Waals surface area contributed by atoms with Gasteiger partial charge in [-0.05, 0) is 17.7 Å². The van der Waals surface area contributed by atoms with Crippen LogP contribution in [0.15, 0.2) is 18.2 Å². The Balaban J connectivity index is 2.95. The normalized spacial score (nSPS) is 11.9. The van der Waals surface area contributed by atoms with Crippen molar-refractivity contribution in [2.75, 3.05) is 7.11 Å². The summed E-state index contributed by atoms with van der Waals surface area (Å²) in [4.78, 5) is 0. The van der Waals surface area contributed by atoms with Gasteiger partial charge < -0.3 is 9.84 Å². The molecule has 0 fully saturated rings. The van der Waals surface area contributed by atoms with Gasteiger partial charge in [0.2, 0.25) is 0 Å². The van der Waals surface area contributed by atoms with Gasteiger partial charge in [0.1, 0.15) is 0 Å². The highest BCUT2D eigenvalue weighted by Gasteiger charge is 2.09. The molecule has 3 heteroatoms. The second kappa shape index (κ2) is 4.64. The Morgan fingerprint density at radius 2 is 2.36 bits per heavy atom. The number of rotatable bonds is 3. The molecular formula is C11H11FO2. The van der Waals surface area contributed by atoms with Crippen LogP contribution in [0.5, 0.6) is 5.75 Å². The molecule has 0 aliphatic carbocycles. The lowest BCUT2D eigenvalue weighted by molar-refractivity contribution is 0.183. The Labute approximate surface area is 82.3 Å². The van der Waals surface area contributed by atoms with Gasteiger partial charge in [0.05, 0.1) is 13.2 Å². The monoisotopic (exact) mass is 194 g/mol. The topological polar surface area (TPSA) is 29.5 Å². The number of aliphatic hydroxyl groups is 1. The van der Waals surface area contributed by atoms with Crippen LogP contribution < -0.4 is 4.74 Å². The lowest BCUT2D eigenvalue weighted by atomic mass is 10.1. The second-order valence-electron chi connectivity index (χ2n) is 2.82. The number of hydrogen-bond donors (Lipinski definition) is 1. The number of aliphatic hydroxyl groups excluding tert-OH is 1. The van der Waals surface area contributed by atoms with Crippen LogP contribution >= 0.6 is 0 Å². The number of halogens is 1. The Bertz CT molecular complexity index is 355. The standard InChI is InChI=1S/C11H11FO2/c1-3-4-10(13)8-5-6-9(12)11(7-8)14-2/h1,5-7,10,13H,4H2,2H3. The third kappa shape index (κ3) is 2.24. The number of methoxy groups -OCH3 is 1. The first-order valence-corrected chi connectivity index (χ1v) is 4.14. The van der Waals surface area contributed by atoms with Crippen LogP contribution in [-0.2, 0) is 0 Å². The zero-order chi connectivity index (χ0) is 10.6. The molecule has 0 spiro atoms. The molecule has 1 rings (SSSR count). The first-order valence-electron chi connectivity index (χ1n) is 4.14. The number of ether oxygens (including phenoxy) is 1. The van der Waals surface area contributed by atoms with E-state index in [4.69, 9.17) is 11.2 Å². The van der Waals surface area contributed by atoms with E-state index >= 15 is 0 Å². The Hall–Kier alpha value is -1.53. The molecule has 0 saturated carbocycles. The van der Waals surface area contributed by atoms with Crippen LogP contribution in [-0.4, -0.2) is 12.2 Å². The van der Waals surface area contributed by atoms with Crippen molar-refractivity contribution in [3.8, 4) is 18.1 Å². The van der Waals surface area contributed by atoms with Crippen molar-refractivity contribution in [2.24, 2.45) is 0 Å². The summed E-state index contributed by atoms with van der Waals surface area (Å²) in [6.45, 7) is 0. The van der Waals surface area contributed by atoms with E-state index in [2.05, 4.69) is 5.92 Å². The highest BCUT2D eigenvalue weighted by Crippen LogP contribution is 2.23. The summed E-state index contributed by atoms with van der Waals surface area (Å²) in [5.74, 6) is 1.99. The number of benzene rings is 1. The summed E-state index contributed by atoms with van der Waals surface area (Å²) in [6.07, 6.45) is 4.49. The van der Waals surface area contributed by atoms with Gasteiger partial charge >= 0.3 is 0 Å². The Morgan fingerprint density at radius 3 is 2.93 bits per heavy atom. The van der Waals surface area contributed by atoms with Crippen molar-refractivity contribution in [3.05, 3.63) is 29.6 Å². The van der Waals surface area contributed by atoms with Crippen molar-refractivity contribution >= 4 is 0 Å². The highest BCUT2D eigenvalue weighted by atomic mass is 19.1. The minimum atomic E-state index is -0.769. The lowest BCUT2D eigenvalue weighted by Gasteiger charge is -2.09. The quantitative estimate of drug-likeness (QED) is 0.744. The Kier molecular flexibility index (Phi) is 3.49. The molecule has 0 bridgehead atoms. The van der Waals surface area contributed by atoms with Gasteiger partial charge in [-0.25, -0.2) is 4.39 Å². The first-order chi connectivity index (χ1) is 6.69. The molecule has 0 aromatic heterocycles. The Morgan fingerprint density at radius 1 is 1.64 bits per heavy atom. The van der Waals surface area contributed by atoms with E-state index in [0.717, 1.165) is 0 Å². The third-order valence-corrected chi connectivity index (χ3v) is 1.87. The van der Waals surface area contributed by atoms with Gasteiger partial charge in [0.25, 0.3) is 0 Å². The minimum Gasteiger partial charge on any atom is -0.494 e. The maximum Gasteiger partial charge on any atom is 0.165 e. The fourth-order valence-electron chi connectivity index (χ4n) is 1.11. The zero-order valence-electron chi connectivity index (χ0n) is 7.83. The first kappa shape index (κ1) is 10.6. The molecule has 14 heavy (non-hydrogen) atoms. The molecule has 74 valence electrons. The second-order valence-corrected chi connectivity index (χ2v) is 2.82. The van der Waals surface area contributed by atoms with Gasteiger partial charge in [-0.3, -0.25) is 0 Å². The molecule has 1 aromatic carbocycles. The van der Waals surface area contributed by atoms with E-state index in [1.54, 1.807) is 0 Å². The van der Waals surface area contributed by atoms with Crippen molar-refractivity contribution in [1.29, 1.82) is 0 Å². The van der Waals surface area contributed by atoms with E-state index in [1.165, 1.54) is 25.3 Å². The predicted octanol–water partition coefficient (Wildman–Crippen LogP) is 1.89. The average Bonchev–Trinajstić information content (AvgIpc) is 2.19.